The lowest BCUT2D eigenvalue weighted by Gasteiger charge is -2.13. The Morgan fingerprint density at radius 1 is 1.53 bits per heavy atom. The first-order chi connectivity index (χ1) is 9.03. The Morgan fingerprint density at radius 2 is 2.32 bits per heavy atom. The van der Waals surface area contributed by atoms with Crippen molar-refractivity contribution >= 4 is 21.6 Å². The molecule has 104 valence electrons. The topological polar surface area (TPSA) is 100 Å². The molecule has 3 N–H and O–H groups in total. The maximum Gasteiger partial charge on any atom is 0.260 e. The third kappa shape index (κ3) is 3.21. The van der Waals surface area contributed by atoms with Crippen molar-refractivity contribution in [2.24, 2.45) is 0 Å². The lowest BCUT2D eigenvalue weighted by molar-refractivity contribution is -0.119. The van der Waals surface area contributed by atoms with Crippen molar-refractivity contribution < 1.29 is 13.2 Å². The number of hydrogen-bond acceptors (Lipinski definition) is 5. The van der Waals surface area contributed by atoms with E-state index in [0.29, 0.717) is 18.8 Å². The van der Waals surface area contributed by atoms with Crippen LogP contribution in [0.15, 0.2) is 23.4 Å². The molecule has 1 aromatic heterocycles. The largest absolute Gasteiger partial charge is 0.383 e. The van der Waals surface area contributed by atoms with Gasteiger partial charge >= 0.3 is 0 Å². The molecule has 19 heavy (non-hydrogen) atoms. The van der Waals surface area contributed by atoms with Crippen LogP contribution < -0.4 is 15.4 Å². The lowest BCUT2D eigenvalue weighted by atomic mass is 10.3. The van der Waals surface area contributed by atoms with Crippen LogP contribution in [0.3, 0.4) is 0 Å². The van der Waals surface area contributed by atoms with E-state index >= 15 is 0 Å². The van der Waals surface area contributed by atoms with E-state index in [2.05, 4.69) is 20.3 Å². The summed E-state index contributed by atoms with van der Waals surface area (Å²) in [6, 6.07) is 2.90. The van der Waals surface area contributed by atoms with Gasteiger partial charge in [0.25, 0.3) is 10.0 Å². The number of rotatable bonds is 5. The molecule has 1 aromatic rings. The van der Waals surface area contributed by atoms with E-state index in [1.54, 1.807) is 12.1 Å². The number of amides is 1. The Balaban J connectivity index is 2.21. The Labute approximate surface area is 111 Å². The molecule has 1 saturated heterocycles. The van der Waals surface area contributed by atoms with Crippen LogP contribution in [0.25, 0.3) is 0 Å². The number of anilines is 1. The molecule has 0 aliphatic carbocycles. The second kappa shape index (κ2) is 5.54. The van der Waals surface area contributed by atoms with E-state index in [1.807, 2.05) is 6.92 Å². The predicted molar refractivity (Wildman–Crippen MR) is 70.1 cm³/mol. The van der Waals surface area contributed by atoms with Crippen LogP contribution >= 0.6 is 0 Å². The Bertz CT molecular complexity index is 573. The lowest BCUT2D eigenvalue weighted by Crippen LogP contribution is -2.36. The zero-order valence-corrected chi connectivity index (χ0v) is 11.3. The van der Waals surface area contributed by atoms with Crippen molar-refractivity contribution in [3.8, 4) is 0 Å². The minimum absolute atomic E-state index is 0.0452. The van der Waals surface area contributed by atoms with Gasteiger partial charge in [-0.3, -0.25) is 4.79 Å². The fourth-order valence-corrected chi connectivity index (χ4v) is 3.24. The van der Waals surface area contributed by atoms with Crippen LogP contribution in [0, 0.1) is 0 Å². The quantitative estimate of drug-likeness (QED) is 0.688. The maximum absolute atomic E-state index is 12.2. The highest BCUT2D eigenvalue weighted by molar-refractivity contribution is 7.89. The van der Waals surface area contributed by atoms with Gasteiger partial charge in [-0.2, -0.15) is 0 Å². The minimum atomic E-state index is -3.74. The molecule has 2 rings (SSSR count). The number of sulfonamides is 1. The third-order valence-corrected chi connectivity index (χ3v) is 4.17. The summed E-state index contributed by atoms with van der Waals surface area (Å²) in [7, 11) is -3.74. The predicted octanol–water partition coefficient (Wildman–Crippen LogP) is -0.320. The number of hydrogen-bond donors (Lipinski definition) is 3. The maximum atomic E-state index is 12.2. The summed E-state index contributed by atoms with van der Waals surface area (Å²) >= 11 is 0. The van der Waals surface area contributed by atoms with Gasteiger partial charge in [-0.25, -0.2) is 18.1 Å². The van der Waals surface area contributed by atoms with Crippen molar-refractivity contribution in [3.05, 3.63) is 18.3 Å². The Morgan fingerprint density at radius 3 is 2.95 bits per heavy atom. The van der Waals surface area contributed by atoms with Gasteiger partial charge in [-0.1, -0.05) is 0 Å². The monoisotopic (exact) mass is 284 g/mol. The summed E-state index contributed by atoms with van der Waals surface area (Å²) < 4.78 is 27.0. The number of nitrogens with zero attached hydrogens (tertiary/aromatic N) is 1. The minimum Gasteiger partial charge on any atom is -0.383 e. The van der Waals surface area contributed by atoms with E-state index in [0.717, 1.165) is 0 Å². The second-order valence-electron chi connectivity index (χ2n) is 4.21. The summed E-state index contributed by atoms with van der Waals surface area (Å²) in [5.74, 6) is -0.152. The molecule has 0 bridgehead atoms. The van der Waals surface area contributed by atoms with Crippen molar-refractivity contribution in [3.63, 3.8) is 0 Å². The van der Waals surface area contributed by atoms with Crippen LogP contribution in [0.4, 0.5) is 5.69 Å². The standard InChI is InChI=1S/C11H16N4O3S/c1-2-12-9-4-3-5-13-11(9)19(17,18)15-8-6-10(16)14-7-8/h3-5,8,12,15H,2,6-7H2,1H3,(H,14,16). The van der Waals surface area contributed by atoms with E-state index in [-0.39, 0.29) is 17.4 Å². The molecule has 1 amide bonds. The van der Waals surface area contributed by atoms with Crippen molar-refractivity contribution in [2.75, 3.05) is 18.4 Å². The van der Waals surface area contributed by atoms with Gasteiger partial charge in [-0.15, -0.1) is 0 Å². The van der Waals surface area contributed by atoms with Gasteiger partial charge in [0.1, 0.15) is 0 Å². The normalized spacial score (nSPS) is 19.2. The van der Waals surface area contributed by atoms with E-state index in [9.17, 15) is 13.2 Å². The first kappa shape index (κ1) is 13.8. The van der Waals surface area contributed by atoms with Gasteiger partial charge in [0.2, 0.25) is 5.91 Å². The van der Waals surface area contributed by atoms with Crippen LogP contribution in [0.5, 0.6) is 0 Å². The van der Waals surface area contributed by atoms with Crippen LogP contribution in [0.2, 0.25) is 0 Å². The number of carbonyl (C=O) groups excluding carboxylic acids is 1. The van der Waals surface area contributed by atoms with Crippen molar-refractivity contribution in [1.82, 2.24) is 15.0 Å². The molecule has 8 heteroatoms. The van der Waals surface area contributed by atoms with Crippen LogP contribution in [-0.2, 0) is 14.8 Å². The first-order valence-electron chi connectivity index (χ1n) is 6.01. The van der Waals surface area contributed by atoms with Crippen LogP contribution in [-0.4, -0.2) is 38.4 Å². The first-order valence-corrected chi connectivity index (χ1v) is 7.49. The van der Waals surface area contributed by atoms with Crippen molar-refractivity contribution in [1.29, 1.82) is 0 Å². The fraction of sp³-hybridized carbons (Fsp3) is 0.455. The molecular formula is C11H16N4O3S. The third-order valence-electron chi connectivity index (χ3n) is 2.69. The molecule has 1 fully saturated rings. The van der Waals surface area contributed by atoms with E-state index in [1.165, 1.54) is 6.20 Å². The molecule has 1 aliphatic rings. The summed E-state index contributed by atoms with van der Waals surface area (Å²) in [6.07, 6.45) is 1.58. The SMILES string of the molecule is CCNc1cccnc1S(=O)(=O)NC1CNC(=O)C1. The average Bonchev–Trinajstić information content (AvgIpc) is 2.75. The van der Waals surface area contributed by atoms with Gasteiger partial charge < -0.3 is 10.6 Å². The van der Waals surface area contributed by atoms with E-state index in [4.69, 9.17) is 0 Å². The summed E-state index contributed by atoms with van der Waals surface area (Å²) in [5.41, 5.74) is 0.454. The Hall–Kier alpha value is -1.67. The molecular weight excluding hydrogens is 268 g/mol. The molecule has 1 unspecified atom stereocenters. The van der Waals surface area contributed by atoms with Crippen molar-refractivity contribution in [2.45, 2.75) is 24.4 Å². The smallest absolute Gasteiger partial charge is 0.260 e. The summed E-state index contributed by atoms with van der Waals surface area (Å²) in [5, 5.41) is 5.49. The van der Waals surface area contributed by atoms with Gasteiger partial charge in [0.05, 0.1) is 5.69 Å². The number of nitrogens with one attached hydrogen (secondary N) is 3. The van der Waals surface area contributed by atoms with E-state index < -0.39 is 16.1 Å². The summed E-state index contributed by atoms with van der Waals surface area (Å²) in [4.78, 5) is 15.0. The van der Waals surface area contributed by atoms with Gasteiger partial charge in [0.15, 0.2) is 5.03 Å². The van der Waals surface area contributed by atoms with Gasteiger partial charge in [-0.05, 0) is 19.1 Å². The number of aromatic nitrogens is 1. The number of carbonyl (C=O) groups is 1. The highest BCUT2D eigenvalue weighted by atomic mass is 32.2. The zero-order chi connectivity index (χ0) is 13.9. The molecule has 0 aromatic carbocycles. The molecule has 7 nitrogen and oxygen atoms in total. The molecule has 1 atom stereocenters. The molecule has 1 aliphatic heterocycles. The second-order valence-corrected chi connectivity index (χ2v) is 5.84. The molecule has 0 saturated carbocycles. The van der Waals surface area contributed by atoms with Gasteiger partial charge in [0, 0.05) is 31.7 Å². The molecule has 2 heterocycles. The average molecular weight is 284 g/mol. The zero-order valence-electron chi connectivity index (χ0n) is 10.5. The molecule has 0 radical (unpaired) electrons. The summed E-state index contributed by atoms with van der Waals surface area (Å²) in [6.45, 7) is 2.77. The Kier molecular flexibility index (Phi) is 4.01. The highest BCUT2D eigenvalue weighted by Crippen LogP contribution is 2.18. The highest BCUT2D eigenvalue weighted by Gasteiger charge is 2.28. The fourth-order valence-electron chi connectivity index (χ4n) is 1.89. The molecule has 0 spiro atoms. The number of pyridine rings is 1. The van der Waals surface area contributed by atoms with Crippen LogP contribution in [0.1, 0.15) is 13.3 Å².